The highest BCUT2D eigenvalue weighted by Crippen LogP contribution is 2.09. The van der Waals surface area contributed by atoms with E-state index in [1.165, 1.54) is 25.6 Å². The van der Waals surface area contributed by atoms with Crippen LogP contribution < -0.4 is 54.0 Å². The van der Waals surface area contributed by atoms with Crippen molar-refractivity contribution in [3.8, 4) is 0 Å². The van der Waals surface area contributed by atoms with Crippen molar-refractivity contribution in [2.45, 2.75) is 129 Å². The molecule has 0 aliphatic heterocycles. The summed E-state index contributed by atoms with van der Waals surface area (Å²) in [6.07, 6.45) is -0.331. The Morgan fingerprint density at radius 3 is 1.58 bits per heavy atom. The van der Waals surface area contributed by atoms with E-state index >= 15 is 0 Å². The van der Waals surface area contributed by atoms with Crippen molar-refractivity contribution in [1.82, 2.24) is 42.5 Å². The van der Waals surface area contributed by atoms with Crippen LogP contribution in [0.25, 0.3) is 0 Å². The molecule has 0 aromatic rings. The van der Waals surface area contributed by atoms with Gasteiger partial charge in [0.2, 0.25) is 53.2 Å². The fraction of sp³-hybridized carbons (Fsp3) is 0.722. The molecule has 24 heteroatoms. The number of carbonyl (C=O) groups is 10. The van der Waals surface area contributed by atoms with Crippen molar-refractivity contribution >= 4 is 70.9 Å². The Balaban J connectivity index is 5.84. The van der Waals surface area contributed by atoms with Gasteiger partial charge in [0.1, 0.15) is 42.3 Å². The molecule has 0 bridgehead atoms. The summed E-state index contributed by atoms with van der Waals surface area (Å²) in [5, 5.41) is 48.0. The summed E-state index contributed by atoms with van der Waals surface area (Å²) in [6, 6.07) is -10.8. The van der Waals surface area contributed by atoms with Gasteiger partial charge in [-0.05, 0) is 63.9 Å². The molecular weight excluding hydrogens is 813 g/mol. The normalized spacial score (nSPS) is 15.6. The molecule has 0 aromatic carbocycles. The number of carboxylic acid groups (broad SMARTS) is 1. The van der Waals surface area contributed by atoms with E-state index in [4.69, 9.17) is 11.5 Å². The molecule has 23 nitrogen and oxygen atoms in total. The predicted molar refractivity (Wildman–Crippen MR) is 218 cm³/mol. The number of hydrogen-bond acceptors (Lipinski definition) is 14. The summed E-state index contributed by atoms with van der Waals surface area (Å²) in [5.41, 5.74) is 10.9. The van der Waals surface area contributed by atoms with Crippen LogP contribution in [0.5, 0.6) is 0 Å². The van der Waals surface area contributed by atoms with Crippen LogP contribution in [0, 0.1) is 11.8 Å². The van der Waals surface area contributed by atoms with Crippen LogP contribution in [0.1, 0.15) is 74.1 Å². The lowest BCUT2D eigenvalue weighted by Crippen LogP contribution is -2.60. The fourth-order valence-corrected chi connectivity index (χ4v) is 5.68. The minimum absolute atomic E-state index is 0.0372. The first-order chi connectivity index (χ1) is 27.8. The van der Waals surface area contributed by atoms with Gasteiger partial charge in [0.15, 0.2) is 0 Å². The molecule has 0 unspecified atom stereocenters. The van der Waals surface area contributed by atoms with Crippen molar-refractivity contribution < 1.29 is 63.3 Å². The summed E-state index contributed by atoms with van der Waals surface area (Å²) in [7, 11) is 0. The van der Waals surface area contributed by atoms with Gasteiger partial charge in [-0.1, -0.05) is 27.7 Å². The number of hydrogen-bond donors (Lipinski definition) is 13. The molecule has 0 heterocycles. The maximum absolute atomic E-state index is 13.5. The molecule has 342 valence electrons. The Kier molecular flexibility index (Phi) is 25.3. The standard InChI is InChI=1S/C36H64N10O13S/c1-16(2)11-22(43-30(52)19(6)40-29(51)18(5)37)33(55)42-21(9-10-60-8)32(54)44-23(13-26(38)49)31(53)39-14-27(50)41-25(15-47)34(56)46-28(20(7)48)35(57)45-24(36(58)59)12-17(3)4/h16-25,28,47-48H,9-15,37H2,1-8H3,(H2,38,49)(H,39,53)(H,40,51)(H,41,50)(H,42,55)(H,43,52)(H,44,54)(H,45,57)(H,46,56)(H,58,59)/t18-,19-,20+,21-,22-,23-,24-,25-,28-/m0/s1. The van der Waals surface area contributed by atoms with Gasteiger partial charge in [-0.15, -0.1) is 0 Å². The van der Waals surface area contributed by atoms with Gasteiger partial charge < -0.3 is 69.3 Å². The Morgan fingerprint density at radius 1 is 0.600 bits per heavy atom. The van der Waals surface area contributed by atoms with Crippen molar-refractivity contribution in [2.75, 3.05) is 25.2 Å². The number of carboxylic acids is 1. The van der Waals surface area contributed by atoms with E-state index in [2.05, 4.69) is 42.5 Å². The number of nitrogens with one attached hydrogen (secondary N) is 8. The molecule has 60 heavy (non-hydrogen) atoms. The Labute approximate surface area is 353 Å². The molecule has 0 aliphatic rings. The average Bonchev–Trinajstić information content (AvgIpc) is 3.14. The Hall–Kier alpha value is -5.07. The van der Waals surface area contributed by atoms with Crippen LogP contribution in [-0.2, 0) is 47.9 Å². The largest absolute Gasteiger partial charge is 0.480 e. The number of thioether (sulfide) groups is 1. The minimum atomic E-state index is -1.72. The van der Waals surface area contributed by atoms with Gasteiger partial charge in [0, 0.05) is 0 Å². The summed E-state index contributed by atoms with van der Waals surface area (Å²) >= 11 is 1.33. The van der Waals surface area contributed by atoms with Crippen LogP contribution in [0.15, 0.2) is 0 Å². The number of aliphatic carboxylic acids is 1. The summed E-state index contributed by atoms with van der Waals surface area (Å²) in [4.78, 5) is 127. The number of carbonyl (C=O) groups excluding carboxylic acids is 9. The molecular formula is C36H64N10O13S. The van der Waals surface area contributed by atoms with E-state index in [0.717, 1.165) is 6.92 Å². The maximum atomic E-state index is 13.5. The molecule has 0 aliphatic carbocycles. The number of rotatable bonds is 28. The highest BCUT2D eigenvalue weighted by atomic mass is 32.2. The Bertz CT molecular complexity index is 1510. The molecule has 0 saturated carbocycles. The average molecular weight is 877 g/mol. The lowest BCUT2D eigenvalue weighted by molar-refractivity contribution is -0.143. The van der Waals surface area contributed by atoms with E-state index in [1.54, 1.807) is 34.0 Å². The summed E-state index contributed by atoms with van der Waals surface area (Å²) in [6.45, 7) is 9.12. The van der Waals surface area contributed by atoms with E-state index in [-0.39, 0.29) is 31.1 Å². The van der Waals surface area contributed by atoms with Crippen molar-refractivity contribution in [3.05, 3.63) is 0 Å². The highest BCUT2D eigenvalue weighted by molar-refractivity contribution is 7.98. The van der Waals surface area contributed by atoms with Crippen LogP contribution in [0.2, 0.25) is 0 Å². The monoisotopic (exact) mass is 876 g/mol. The molecule has 0 aromatic heterocycles. The SMILES string of the molecule is CSCC[C@H](NC(=O)[C@H](CC(C)C)NC(=O)[C@H](C)NC(=O)[C@H](C)N)C(=O)N[C@@H](CC(N)=O)C(=O)NCC(=O)N[C@@H](CO)C(=O)N[C@H](C(=O)N[C@@H](CC(C)C)C(=O)O)[C@@H](C)O. The van der Waals surface area contributed by atoms with Crippen LogP contribution in [0.3, 0.4) is 0 Å². The van der Waals surface area contributed by atoms with Gasteiger partial charge in [-0.3, -0.25) is 43.2 Å². The second kappa shape index (κ2) is 27.6. The van der Waals surface area contributed by atoms with Gasteiger partial charge in [-0.2, -0.15) is 11.8 Å². The zero-order chi connectivity index (χ0) is 46.4. The van der Waals surface area contributed by atoms with E-state index < -0.39 is 133 Å². The third-order valence-electron chi connectivity index (χ3n) is 8.43. The molecule has 0 rings (SSSR count). The maximum Gasteiger partial charge on any atom is 0.326 e. The summed E-state index contributed by atoms with van der Waals surface area (Å²) < 4.78 is 0. The topological polar surface area (TPSA) is 380 Å². The third kappa shape index (κ3) is 21.3. The zero-order valence-electron chi connectivity index (χ0n) is 35.3. The third-order valence-corrected chi connectivity index (χ3v) is 9.07. The number of primary amides is 1. The smallest absolute Gasteiger partial charge is 0.326 e. The van der Waals surface area contributed by atoms with Gasteiger partial charge >= 0.3 is 5.97 Å². The lowest BCUT2D eigenvalue weighted by atomic mass is 10.0. The summed E-state index contributed by atoms with van der Waals surface area (Å²) in [5.74, 6) is -9.56. The molecule has 0 spiro atoms. The van der Waals surface area contributed by atoms with Gasteiger partial charge in [-0.25, -0.2) is 4.79 Å². The number of aliphatic hydroxyl groups excluding tert-OH is 2. The number of amides is 9. The first-order valence-electron chi connectivity index (χ1n) is 19.3. The van der Waals surface area contributed by atoms with Gasteiger partial charge in [0.25, 0.3) is 0 Å². The number of aliphatic hydroxyl groups is 2. The van der Waals surface area contributed by atoms with Crippen molar-refractivity contribution in [1.29, 1.82) is 0 Å². The van der Waals surface area contributed by atoms with Gasteiger partial charge in [0.05, 0.1) is 31.7 Å². The molecule has 9 atom stereocenters. The first kappa shape index (κ1) is 54.9. The second-order valence-corrected chi connectivity index (χ2v) is 16.0. The minimum Gasteiger partial charge on any atom is -0.480 e. The molecule has 0 saturated heterocycles. The fourth-order valence-electron chi connectivity index (χ4n) is 5.21. The molecule has 0 radical (unpaired) electrons. The Morgan fingerprint density at radius 2 is 1.10 bits per heavy atom. The van der Waals surface area contributed by atoms with Crippen molar-refractivity contribution in [3.63, 3.8) is 0 Å². The molecule has 15 N–H and O–H groups in total. The second-order valence-electron chi connectivity index (χ2n) is 15.1. The predicted octanol–water partition coefficient (Wildman–Crippen LogP) is -4.96. The lowest BCUT2D eigenvalue weighted by Gasteiger charge is -2.26. The molecule has 0 fully saturated rings. The van der Waals surface area contributed by atoms with E-state index in [0.29, 0.717) is 5.75 Å². The highest BCUT2D eigenvalue weighted by Gasteiger charge is 2.34. The first-order valence-corrected chi connectivity index (χ1v) is 20.7. The number of nitrogens with two attached hydrogens (primary N) is 2. The van der Waals surface area contributed by atoms with E-state index in [9.17, 15) is 63.3 Å². The van der Waals surface area contributed by atoms with Crippen molar-refractivity contribution in [2.24, 2.45) is 23.3 Å². The van der Waals surface area contributed by atoms with E-state index in [1.807, 2.05) is 0 Å². The quantitative estimate of drug-likeness (QED) is 0.0350. The van der Waals surface area contributed by atoms with Crippen LogP contribution in [0.4, 0.5) is 0 Å². The zero-order valence-corrected chi connectivity index (χ0v) is 36.1. The molecule has 9 amide bonds. The van der Waals surface area contributed by atoms with Crippen LogP contribution in [-0.4, -0.2) is 154 Å². The van der Waals surface area contributed by atoms with Crippen LogP contribution >= 0.6 is 11.8 Å².